The molecule has 0 saturated heterocycles. The second kappa shape index (κ2) is 4.70. The molecule has 98 valence electrons. The van der Waals surface area contributed by atoms with Crippen molar-refractivity contribution in [2.45, 2.75) is 26.5 Å². The van der Waals surface area contributed by atoms with E-state index in [1.807, 2.05) is 44.2 Å². The van der Waals surface area contributed by atoms with Gasteiger partial charge < -0.3 is 10.1 Å². The molecule has 1 amide bonds. The predicted octanol–water partition coefficient (Wildman–Crippen LogP) is 3.45. The minimum absolute atomic E-state index is 0.00752. The van der Waals surface area contributed by atoms with Crippen molar-refractivity contribution >= 4 is 17.2 Å². The van der Waals surface area contributed by atoms with E-state index in [-0.39, 0.29) is 11.9 Å². The number of benzene rings is 1. The SMILES string of the molecule is CC(C)NC(=O)c1cc2c(s1)-c1ccccc1OC2. The number of hydrogen-bond acceptors (Lipinski definition) is 3. The van der Waals surface area contributed by atoms with Gasteiger partial charge in [0, 0.05) is 22.0 Å². The van der Waals surface area contributed by atoms with E-state index < -0.39 is 0 Å². The first kappa shape index (κ1) is 12.2. The van der Waals surface area contributed by atoms with Crippen LogP contribution in [0.4, 0.5) is 0 Å². The van der Waals surface area contributed by atoms with Gasteiger partial charge in [-0.15, -0.1) is 11.3 Å². The topological polar surface area (TPSA) is 38.3 Å². The summed E-state index contributed by atoms with van der Waals surface area (Å²) in [6.07, 6.45) is 0. The number of ether oxygens (including phenoxy) is 1. The van der Waals surface area contributed by atoms with Crippen LogP contribution in [0.5, 0.6) is 5.75 Å². The van der Waals surface area contributed by atoms with Crippen molar-refractivity contribution in [2.24, 2.45) is 0 Å². The smallest absolute Gasteiger partial charge is 0.261 e. The van der Waals surface area contributed by atoms with Gasteiger partial charge in [0.05, 0.1) is 4.88 Å². The van der Waals surface area contributed by atoms with Gasteiger partial charge >= 0.3 is 0 Å². The number of carbonyl (C=O) groups excluding carboxylic acids is 1. The molecule has 2 heterocycles. The van der Waals surface area contributed by atoms with Crippen LogP contribution in [-0.2, 0) is 6.61 Å². The van der Waals surface area contributed by atoms with Crippen LogP contribution in [-0.4, -0.2) is 11.9 Å². The first-order chi connectivity index (χ1) is 9.15. The number of amides is 1. The molecule has 0 atom stereocenters. The summed E-state index contributed by atoms with van der Waals surface area (Å²) >= 11 is 1.54. The molecule has 4 heteroatoms. The van der Waals surface area contributed by atoms with Gasteiger partial charge in [0.25, 0.3) is 5.91 Å². The zero-order valence-corrected chi connectivity index (χ0v) is 11.7. The fourth-order valence-electron chi connectivity index (χ4n) is 2.14. The molecule has 19 heavy (non-hydrogen) atoms. The number of nitrogens with one attached hydrogen (secondary N) is 1. The highest BCUT2D eigenvalue weighted by atomic mass is 32.1. The molecule has 0 spiro atoms. The van der Waals surface area contributed by atoms with Crippen LogP contribution in [0.25, 0.3) is 10.4 Å². The molecular formula is C15H15NO2S. The number of rotatable bonds is 2. The minimum atomic E-state index is -0.00752. The molecule has 1 aliphatic rings. The van der Waals surface area contributed by atoms with Gasteiger partial charge in [-0.2, -0.15) is 0 Å². The van der Waals surface area contributed by atoms with Crippen LogP contribution in [0.1, 0.15) is 29.1 Å². The van der Waals surface area contributed by atoms with E-state index in [1.165, 1.54) is 11.3 Å². The standard InChI is InChI=1S/C15H15NO2S/c1-9(2)16-15(17)13-7-10-8-18-12-6-4-3-5-11(12)14(10)19-13/h3-7,9H,8H2,1-2H3,(H,16,17). The quantitative estimate of drug-likeness (QED) is 0.910. The van der Waals surface area contributed by atoms with Gasteiger partial charge in [-0.1, -0.05) is 12.1 Å². The van der Waals surface area contributed by atoms with Crippen molar-refractivity contribution in [1.29, 1.82) is 0 Å². The van der Waals surface area contributed by atoms with Gasteiger partial charge in [-0.25, -0.2) is 0 Å². The van der Waals surface area contributed by atoms with Crippen molar-refractivity contribution < 1.29 is 9.53 Å². The van der Waals surface area contributed by atoms with Gasteiger partial charge in [0.1, 0.15) is 12.4 Å². The van der Waals surface area contributed by atoms with E-state index in [0.717, 1.165) is 26.6 Å². The highest BCUT2D eigenvalue weighted by molar-refractivity contribution is 7.17. The average Bonchev–Trinajstić information content (AvgIpc) is 2.82. The summed E-state index contributed by atoms with van der Waals surface area (Å²) in [7, 11) is 0. The lowest BCUT2D eigenvalue weighted by Gasteiger charge is -2.16. The lowest BCUT2D eigenvalue weighted by atomic mass is 10.1. The predicted molar refractivity (Wildman–Crippen MR) is 76.7 cm³/mol. The van der Waals surface area contributed by atoms with Gasteiger partial charge in [-0.3, -0.25) is 4.79 Å². The van der Waals surface area contributed by atoms with Crippen molar-refractivity contribution in [2.75, 3.05) is 0 Å². The zero-order chi connectivity index (χ0) is 13.4. The maximum absolute atomic E-state index is 12.0. The monoisotopic (exact) mass is 273 g/mol. The summed E-state index contributed by atoms with van der Waals surface area (Å²) in [5.41, 5.74) is 2.18. The van der Waals surface area contributed by atoms with Gasteiger partial charge in [-0.05, 0) is 32.0 Å². The van der Waals surface area contributed by atoms with Gasteiger partial charge in [0.2, 0.25) is 0 Å². The molecule has 1 aromatic carbocycles. The second-order valence-corrected chi connectivity index (χ2v) is 5.93. The minimum Gasteiger partial charge on any atom is -0.488 e. The summed E-state index contributed by atoms with van der Waals surface area (Å²) < 4.78 is 5.70. The normalized spacial score (nSPS) is 12.6. The Bertz CT molecular complexity index is 631. The molecule has 0 bridgehead atoms. The van der Waals surface area contributed by atoms with E-state index >= 15 is 0 Å². The summed E-state index contributed by atoms with van der Waals surface area (Å²) in [6, 6.07) is 10.0. The van der Waals surface area contributed by atoms with Crippen molar-refractivity contribution in [3.8, 4) is 16.2 Å². The number of hydrogen-bond donors (Lipinski definition) is 1. The van der Waals surface area contributed by atoms with Crippen LogP contribution in [0.3, 0.4) is 0 Å². The summed E-state index contributed by atoms with van der Waals surface area (Å²) in [4.78, 5) is 13.9. The number of carbonyl (C=O) groups is 1. The van der Waals surface area contributed by atoms with E-state index in [0.29, 0.717) is 6.61 Å². The summed E-state index contributed by atoms with van der Waals surface area (Å²) in [6.45, 7) is 4.46. The van der Waals surface area contributed by atoms with Gasteiger partial charge in [0.15, 0.2) is 0 Å². The Morgan fingerprint density at radius 3 is 2.95 bits per heavy atom. The maximum atomic E-state index is 12.0. The number of para-hydroxylation sites is 1. The van der Waals surface area contributed by atoms with Crippen LogP contribution in [0, 0.1) is 0 Å². The van der Waals surface area contributed by atoms with Crippen molar-refractivity contribution in [3.63, 3.8) is 0 Å². The summed E-state index contributed by atoms with van der Waals surface area (Å²) in [5, 5.41) is 2.92. The Balaban J connectivity index is 1.99. The first-order valence-corrected chi connectivity index (χ1v) is 7.12. The Morgan fingerprint density at radius 2 is 2.16 bits per heavy atom. The van der Waals surface area contributed by atoms with Crippen LogP contribution >= 0.6 is 11.3 Å². The molecule has 0 aliphatic carbocycles. The molecule has 3 rings (SSSR count). The van der Waals surface area contributed by atoms with Crippen molar-refractivity contribution in [3.05, 3.63) is 40.8 Å². The highest BCUT2D eigenvalue weighted by Crippen LogP contribution is 2.42. The molecule has 0 unspecified atom stereocenters. The lowest BCUT2D eigenvalue weighted by molar-refractivity contribution is 0.0947. The molecular weight excluding hydrogens is 258 g/mol. The third-order valence-corrected chi connectivity index (χ3v) is 4.18. The van der Waals surface area contributed by atoms with E-state index in [2.05, 4.69) is 5.32 Å². The molecule has 0 fully saturated rings. The second-order valence-electron chi connectivity index (χ2n) is 4.88. The summed E-state index contributed by atoms with van der Waals surface area (Å²) in [5.74, 6) is 0.888. The van der Waals surface area contributed by atoms with E-state index in [9.17, 15) is 4.79 Å². The molecule has 1 aromatic heterocycles. The Morgan fingerprint density at radius 1 is 1.37 bits per heavy atom. The molecule has 0 saturated carbocycles. The molecule has 1 aliphatic heterocycles. The first-order valence-electron chi connectivity index (χ1n) is 6.31. The molecule has 2 aromatic rings. The third kappa shape index (κ3) is 2.24. The fourth-order valence-corrected chi connectivity index (χ4v) is 3.24. The van der Waals surface area contributed by atoms with E-state index in [4.69, 9.17) is 4.74 Å². The Labute approximate surface area is 116 Å². The maximum Gasteiger partial charge on any atom is 0.261 e. The highest BCUT2D eigenvalue weighted by Gasteiger charge is 2.22. The largest absolute Gasteiger partial charge is 0.488 e. The van der Waals surface area contributed by atoms with Crippen LogP contribution in [0.15, 0.2) is 30.3 Å². The van der Waals surface area contributed by atoms with Crippen LogP contribution in [0.2, 0.25) is 0 Å². The Kier molecular flexibility index (Phi) is 3.03. The molecule has 3 nitrogen and oxygen atoms in total. The van der Waals surface area contributed by atoms with E-state index in [1.54, 1.807) is 0 Å². The third-order valence-electron chi connectivity index (χ3n) is 2.97. The molecule has 1 N–H and O–H groups in total. The lowest BCUT2D eigenvalue weighted by Crippen LogP contribution is -2.29. The zero-order valence-electron chi connectivity index (χ0n) is 10.9. The van der Waals surface area contributed by atoms with Crippen molar-refractivity contribution in [1.82, 2.24) is 5.32 Å². The molecule has 0 radical (unpaired) electrons. The number of thiophene rings is 1. The fraction of sp³-hybridized carbons (Fsp3) is 0.267. The Hall–Kier alpha value is -1.81. The average molecular weight is 273 g/mol. The van der Waals surface area contributed by atoms with Crippen LogP contribution < -0.4 is 10.1 Å². The number of fused-ring (bicyclic) bond motifs is 3.